The van der Waals surface area contributed by atoms with E-state index in [1.807, 2.05) is 18.2 Å². The fourth-order valence-corrected chi connectivity index (χ4v) is 5.44. The van der Waals surface area contributed by atoms with Gasteiger partial charge < -0.3 is 15.3 Å². The molecule has 4 aromatic rings. The molecule has 2 aromatic carbocycles. The van der Waals surface area contributed by atoms with Crippen LogP contribution in [0.25, 0.3) is 11.0 Å². The Morgan fingerprint density at radius 1 is 1.17 bits per heavy atom. The van der Waals surface area contributed by atoms with Crippen LogP contribution in [0.3, 0.4) is 0 Å². The van der Waals surface area contributed by atoms with Crippen LogP contribution in [0.1, 0.15) is 22.0 Å². The molecule has 0 saturated heterocycles. The predicted octanol–water partition coefficient (Wildman–Crippen LogP) is 4.27. The summed E-state index contributed by atoms with van der Waals surface area (Å²) >= 11 is 5.27. The molecular formula is C22H19BrN4O2S. The molecular weight excluding hydrogens is 464 g/mol. The monoisotopic (exact) mass is 482 g/mol. The van der Waals surface area contributed by atoms with Gasteiger partial charge in [0.2, 0.25) is 5.91 Å². The van der Waals surface area contributed by atoms with Gasteiger partial charge in [-0.2, -0.15) is 0 Å². The van der Waals surface area contributed by atoms with Crippen LogP contribution in [0.15, 0.2) is 63.2 Å². The molecule has 0 radical (unpaired) electrons. The van der Waals surface area contributed by atoms with Gasteiger partial charge in [0.25, 0.3) is 0 Å². The van der Waals surface area contributed by atoms with E-state index in [4.69, 9.17) is 0 Å². The molecule has 152 valence electrons. The van der Waals surface area contributed by atoms with Gasteiger partial charge in [-0.1, -0.05) is 30.3 Å². The van der Waals surface area contributed by atoms with Crippen LogP contribution < -0.4 is 11.0 Å². The first-order valence-electron chi connectivity index (χ1n) is 9.65. The second-order valence-corrected chi connectivity index (χ2v) is 9.19. The Bertz CT molecular complexity index is 1280. The van der Waals surface area contributed by atoms with Crippen molar-refractivity contribution in [3.8, 4) is 0 Å². The second-order valence-electron chi connectivity index (χ2n) is 7.34. The predicted molar refractivity (Wildman–Crippen MR) is 123 cm³/mol. The molecule has 1 aliphatic heterocycles. The van der Waals surface area contributed by atoms with E-state index in [0.29, 0.717) is 16.7 Å². The Morgan fingerprint density at radius 3 is 2.73 bits per heavy atom. The Balaban J connectivity index is 1.40. The molecule has 2 aromatic heterocycles. The number of fused-ring (bicyclic) bond motifs is 2. The number of thiophene rings is 1. The Morgan fingerprint density at radius 2 is 1.93 bits per heavy atom. The van der Waals surface area contributed by atoms with Crippen molar-refractivity contribution in [2.75, 3.05) is 18.4 Å². The first-order chi connectivity index (χ1) is 14.6. The van der Waals surface area contributed by atoms with E-state index in [1.165, 1.54) is 16.0 Å². The van der Waals surface area contributed by atoms with E-state index in [-0.39, 0.29) is 24.2 Å². The Labute approximate surface area is 185 Å². The highest BCUT2D eigenvalue weighted by atomic mass is 79.9. The van der Waals surface area contributed by atoms with Crippen LogP contribution in [-0.4, -0.2) is 33.9 Å². The van der Waals surface area contributed by atoms with E-state index in [0.717, 1.165) is 17.4 Å². The van der Waals surface area contributed by atoms with Gasteiger partial charge in [0, 0.05) is 15.9 Å². The molecule has 0 bridgehead atoms. The summed E-state index contributed by atoms with van der Waals surface area (Å²) in [6, 6.07) is 16.1. The van der Waals surface area contributed by atoms with Crippen LogP contribution in [0.5, 0.6) is 0 Å². The topological polar surface area (TPSA) is 81.0 Å². The van der Waals surface area contributed by atoms with Gasteiger partial charge in [0.05, 0.1) is 29.3 Å². The maximum Gasteiger partial charge on any atom is 0.323 e. The van der Waals surface area contributed by atoms with Crippen molar-refractivity contribution in [1.29, 1.82) is 0 Å². The van der Waals surface area contributed by atoms with Crippen LogP contribution in [0.2, 0.25) is 0 Å². The molecule has 0 aliphatic carbocycles. The van der Waals surface area contributed by atoms with Gasteiger partial charge in [0.1, 0.15) is 0 Å². The summed E-state index contributed by atoms with van der Waals surface area (Å²) in [5.74, 6) is -0.0902. The van der Waals surface area contributed by atoms with Crippen LogP contribution in [-0.2, 0) is 11.2 Å². The summed E-state index contributed by atoms with van der Waals surface area (Å²) in [5.41, 5.74) is 4.18. The summed E-state index contributed by atoms with van der Waals surface area (Å²) in [6.07, 6.45) is 0.948. The molecule has 6 nitrogen and oxygen atoms in total. The molecule has 3 N–H and O–H groups in total. The lowest BCUT2D eigenvalue weighted by molar-refractivity contribution is -0.117. The zero-order valence-electron chi connectivity index (χ0n) is 15.9. The molecule has 0 fully saturated rings. The number of hydrogen-bond acceptors (Lipinski definition) is 4. The number of nitrogens with zero attached hydrogens (tertiary/aromatic N) is 1. The summed E-state index contributed by atoms with van der Waals surface area (Å²) < 4.78 is 0.719. The third-order valence-electron chi connectivity index (χ3n) is 5.41. The minimum absolute atomic E-state index is 0.0684. The van der Waals surface area contributed by atoms with Gasteiger partial charge in [-0.05, 0) is 57.1 Å². The number of aromatic nitrogens is 2. The number of rotatable bonds is 4. The molecule has 5 rings (SSSR count). The maximum atomic E-state index is 13.0. The van der Waals surface area contributed by atoms with Crippen molar-refractivity contribution in [2.24, 2.45) is 0 Å². The van der Waals surface area contributed by atoms with Crippen molar-refractivity contribution in [1.82, 2.24) is 14.9 Å². The SMILES string of the molecule is O=C(CN1CCc2sccc2[C@@H]1c1ccccc1)Nc1cc2[nH]c(=O)[nH]c2cc1Br. The third kappa shape index (κ3) is 3.62. The third-order valence-corrected chi connectivity index (χ3v) is 7.06. The number of nitrogens with one attached hydrogen (secondary N) is 3. The molecule has 0 saturated carbocycles. The number of anilines is 1. The molecule has 0 unspecified atom stereocenters. The fourth-order valence-electron chi connectivity index (χ4n) is 4.09. The van der Waals surface area contributed by atoms with E-state index in [9.17, 15) is 9.59 Å². The normalized spacial score (nSPS) is 16.5. The van der Waals surface area contributed by atoms with Gasteiger partial charge >= 0.3 is 5.69 Å². The van der Waals surface area contributed by atoms with Crippen molar-refractivity contribution >= 4 is 49.9 Å². The lowest BCUT2D eigenvalue weighted by atomic mass is 9.93. The van der Waals surface area contributed by atoms with Crippen molar-refractivity contribution < 1.29 is 4.79 Å². The van der Waals surface area contributed by atoms with Crippen LogP contribution in [0.4, 0.5) is 5.69 Å². The van der Waals surface area contributed by atoms with Crippen molar-refractivity contribution in [2.45, 2.75) is 12.5 Å². The minimum atomic E-state index is -0.272. The van der Waals surface area contributed by atoms with Crippen molar-refractivity contribution in [3.05, 3.63) is 84.9 Å². The van der Waals surface area contributed by atoms with E-state index >= 15 is 0 Å². The number of imidazole rings is 1. The first-order valence-corrected chi connectivity index (χ1v) is 11.3. The zero-order valence-corrected chi connectivity index (χ0v) is 18.3. The lowest BCUT2D eigenvalue weighted by Crippen LogP contribution is -2.40. The Hall–Kier alpha value is -2.68. The first kappa shape index (κ1) is 19.3. The molecule has 3 heterocycles. The summed E-state index contributed by atoms with van der Waals surface area (Å²) in [7, 11) is 0. The highest BCUT2D eigenvalue weighted by molar-refractivity contribution is 9.10. The minimum Gasteiger partial charge on any atom is -0.324 e. The average molecular weight is 483 g/mol. The van der Waals surface area contributed by atoms with Crippen LogP contribution in [0, 0.1) is 0 Å². The number of benzene rings is 2. The standard InChI is InChI=1S/C22H19BrN4O2S/c23-15-10-17-18(26-22(29)25-17)11-16(15)24-20(28)12-27-8-6-19-14(7-9-30-19)21(27)13-4-2-1-3-5-13/h1-5,7,9-11,21H,6,8,12H2,(H,24,28)(H2,25,26,29)/t21-/m0/s1. The van der Waals surface area contributed by atoms with Gasteiger partial charge in [-0.15, -0.1) is 11.3 Å². The number of carbonyl (C=O) groups excluding carboxylic acids is 1. The number of carbonyl (C=O) groups is 1. The van der Waals surface area contributed by atoms with E-state index in [1.54, 1.807) is 23.5 Å². The molecule has 1 aliphatic rings. The molecule has 30 heavy (non-hydrogen) atoms. The fraction of sp³-hybridized carbons (Fsp3) is 0.182. The Kier molecular flexibility index (Phi) is 5.06. The molecule has 1 amide bonds. The lowest BCUT2D eigenvalue weighted by Gasteiger charge is -2.35. The molecule has 0 spiro atoms. The summed E-state index contributed by atoms with van der Waals surface area (Å²) in [6.45, 7) is 1.11. The quantitative estimate of drug-likeness (QED) is 0.406. The smallest absolute Gasteiger partial charge is 0.323 e. The van der Waals surface area contributed by atoms with Crippen LogP contribution >= 0.6 is 27.3 Å². The largest absolute Gasteiger partial charge is 0.324 e. The molecule has 1 atom stereocenters. The number of H-pyrrole nitrogens is 2. The second kappa shape index (κ2) is 7.86. The zero-order chi connectivity index (χ0) is 20.7. The number of hydrogen-bond donors (Lipinski definition) is 3. The number of amides is 1. The molecule has 8 heteroatoms. The van der Waals surface area contributed by atoms with Gasteiger partial charge in [-0.25, -0.2) is 4.79 Å². The summed E-state index contributed by atoms with van der Waals surface area (Å²) in [5, 5.41) is 5.12. The summed E-state index contributed by atoms with van der Waals surface area (Å²) in [4.78, 5) is 33.5. The number of aromatic amines is 2. The highest BCUT2D eigenvalue weighted by Gasteiger charge is 2.30. The maximum absolute atomic E-state index is 13.0. The van der Waals surface area contributed by atoms with Gasteiger partial charge in [-0.3, -0.25) is 9.69 Å². The average Bonchev–Trinajstić information content (AvgIpc) is 3.34. The number of halogens is 1. The van der Waals surface area contributed by atoms with Crippen molar-refractivity contribution in [3.63, 3.8) is 0 Å². The van der Waals surface area contributed by atoms with E-state index in [2.05, 4.69) is 59.7 Å². The van der Waals surface area contributed by atoms with Gasteiger partial charge in [0.15, 0.2) is 0 Å². The van der Waals surface area contributed by atoms with E-state index < -0.39 is 0 Å². The highest BCUT2D eigenvalue weighted by Crippen LogP contribution is 2.37.